The molecule has 8 heteroatoms. The topological polar surface area (TPSA) is 47.3 Å². The Morgan fingerprint density at radius 3 is 2.27 bits per heavy atom. The fraction of sp³-hybridized carbons (Fsp3) is 0.273. The summed E-state index contributed by atoms with van der Waals surface area (Å²) in [7, 11) is 0. The summed E-state index contributed by atoms with van der Waals surface area (Å²) in [6.45, 7) is 4.05. The third kappa shape index (κ3) is 2.96. The molecule has 0 aromatic heterocycles. The van der Waals surface area contributed by atoms with E-state index in [0.29, 0.717) is 18.7 Å². The predicted molar refractivity (Wildman–Crippen MR) is 110 cm³/mol. The number of anilines is 2. The van der Waals surface area contributed by atoms with Gasteiger partial charge in [-0.05, 0) is 68.0 Å². The largest absolute Gasteiger partial charge is 0.417 e. The van der Waals surface area contributed by atoms with Crippen molar-refractivity contribution in [3.05, 3.63) is 66.0 Å². The van der Waals surface area contributed by atoms with Crippen LogP contribution in [0.5, 0.6) is 0 Å². The van der Waals surface area contributed by atoms with Crippen LogP contribution in [0.2, 0.25) is 0 Å². The van der Waals surface area contributed by atoms with Gasteiger partial charge in [-0.1, -0.05) is 6.58 Å². The van der Waals surface area contributed by atoms with Crippen molar-refractivity contribution in [2.24, 2.45) is 0 Å². The zero-order chi connectivity index (χ0) is 21.7. The van der Waals surface area contributed by atoms with E-state index in [9.17, 15) is 18.0 Å². The molecule has 0 bridgehead atoms. The number of carbonyl (C=O) groups excluding carboxylic acids is 1. The molecule has 30 heavy (non-hydrogen) atoms. The van der Waals surface area contributed by atoms with Gasteiger partial charge in [-0.15, -0.1) is 11.8 Å². The third-order valence-corrected chi connectivity index (χ3v) is 6.49. The van der Waals surface area contributed by atoms with Gasteiger partial charge >= 0.3 is 6.18 Å². The van der Waals surface area contributed by atoms with Crippen LogP contribution in [-0.2, 0) is 11.0 Å². The van der Waals surface area contributed by atoms with Gasteiger partial charge in [0.25, 0.3) is 5.91 Å². The van der Waals surface area contributed by atoms with Gasteiger partial charge < -0.3 is 4.90 Å². The van der Waals surface area contributed by atoms with Crippen molar-refractivity contribution in [1.82, 2.24) is 0 Å². The van der Waals surface area contributed by atoms with E-state index in [2.05, 4.69) is 6.58 Å². The van der Waals surface area contributed by atoms with Gasteiger partial charge in [0.05, 0.1) is 22.9 Å². The number of amides is 1. The molecule has 2 fully saturated rings. The van der Waals surface area contributed by atoms with E-state index < -0.39 is 22.8 Å². The lowest BCUT2D eigenvalue weighted by Gasteiger charge is -2.43. The Morgan fingerprint density at radius 2 is 1.77 bits per heavy atom. The Bertz CT molecular complexity index is 1070. The van der Waals surface area contributed by atoms with Crippen molar-refractivity contribution in [2.45, 2.75) is 35.9 Å². The van der Waals surface area contributed by atoms with Gasteiger partial charge in [0, 0.05) is 10.6 Å². The first kappa shape index (κ1) is 20.4. The molecule has 0 N–H and O–H groups in total. The molecule has 2 aromatic rings. The normalized spacial score (nSPS) is 18.0. The first-order valence-corrected chi connectivity index (χ1v) is 10.5. The zero-order valence-electron chi connectivity index (χ0n) is 16.2. The van der Waals surface area contributed by atoms with Crippen LogP contribution >= 0.6 is 11.8 Å². The van der Waals surface area contributed by atoms with Crippen LogP contribution in [0.25, 0.3) is 0 Å². The monoisotopic (exact) mass is 429 g/mol. The fourth-order valence-corrected chi connectivity index (χ4v) is 4.52. The maximum absolute atomic E-state index is 13.4. The number of halogens is 3. The Morgan fingerprint density at radius 1 is 1.13 bits per heavy atom. The van der Waals surface area contributed by atoms with Gasteiger partial charge in [-0.25, -0.2) is 0 Å². The van der Waals surface area contributed by atoms with E-state index in [-0.39, 0.29) is 11.6 Å². The van der Waals surface area contributed by atoms with E-state index in [1.54, 1.807) is 17.8 Å². The highest BCUT2D eigenvalue weighted by molar-refractivity contribution is 7.98. The number of rotatable bonds is 3. The van der Waals surface area contributed by atoms with E-state index in [1.165, 1.54) is 11.0 Å². The minimum absolute atomic E-state index is 0.0610. The van der Waals surface area contributed by atoms with Gasteiger partial charge in [0.2, 0.25) is 0 Å². The molecule has 154 valence electrons. The maximum Gasteiger partial charge on any atom is 0.417 e. The van der Waals surface area contributed by atoms with E-state index >= 15 is 0 Å². The van der Waals surface area contributed by atoms with Crippen LogP contribution in [0, 0.1) is 11.3 Å². The number of nitrogens with zero attached hydrogens (tertiary/aromatic N) is 3. The van der Waals surface area contributed by atoms with Crippen LogP contribution < -0.4 is 9.80 Å². The molecule has 2 aromatic carbocycles. The van der Waals surface area contributed by atoms with Crippen molar-refractivity contribution >= 4 is 29.0 Å². The molecule has 2 aliphatic rings. The lowest BCUT2D eigenvalue weighted by molar-refractivity contribution is -0.137. The first-order chi connectivity index (χ1) is 14.2. The minimum Gasteiger partial charge on any atom is -0.313 e. The number of carbonyl (C=O) groups is 1. The van der Waals surface area contributed by atoms with Crippen LogP contribution in [0.1, 0.15) is 30.4 Å². The molecule has 1 saturated carbocycles. The molecule has 4 nitrogen and oxygen atoms in total. The lowest BCUT2D eigenvalue weighted by Crippen LogP contribution is -2.54. The Labute approximate surface area is 176 Å². The minimum atomic E-state index is -4.70. The number of alkyl halides is 3. The van der Waals surface area contributed by atoms with Crippen molar-refractivity contribution in [1.29, 1.82) is 5.26 Å². The Hall–Kier alpha value is -2.92. The van der Waals surface area contributed by atoms with E-state index in [1.807, 2.05) is 35.4 Å². The molecule has 1 saturated heterocycles. The zero-order valence-corrected chi connectivity index (χ0v) is 17.0. The molecule has 0 radical (unpaired) electrons. The van der Waals surface area contributed by atoms with Crippen LogP contribution in [-0.4, -0.2) is 17.7 Å². The fourth-order valence-electron chi connectivity index (χ4n) is 4.11. The number of nitriles is 1. The van der Waals surface area contributed by atoms with Gasteiger partial charge in [-0.2, -0.15) is 18.4 Å². The highest BCUT2D eigenvalue weighted by Crippen LogP contribution is 2.50. The van der Waals surface area contributed by atoms with Crippen molar-refractivity contribution in [3.8, 4) is 6.07 Å². The highest BCUT2D eigenvalue weighted by atomic mass is 32.2. The highest BCUT2D eigenvalue weighted by Gasteiger charge is 2.58. The number of hydrogen-bond acceptors (Lipinski definition) is 4. The van der Waals surface area contributed by atoms with E-state index in [4.69, 9.17) is 5.26 Å². The summed E-state index contributed by atoms with van der Waals surface area (Å²) in [5.74, 6) is 0.0277. The molecular weight excluding hydrogens is 411 g/mol. The summed E-state index contributed by atoms with van der Waals surface area (Å²) in [6.07, 6.45) is -0.673. The van der Waals surface area contributed by atoms with Crippen molar-refractivity contribution < 1.29 is 18.0 Å². The Balaban J connectivity index is 1.80. The number of hydrogen-bond donors (Lipinski definition) is 0. The van der Waals surface area contributed by atoms with E-state index in [0.717, 1.165) is 29.1 Å². The molecule has 1 aliphatic heterocycles. The molecule has 1 spiro atoms. The average Bonchev–Trinajstić information content (AvgIpc) is 2.93. The summed E-state index contributed by atoms with van der Waals surface area (Å²) in [4.78, 5) is 17.6. The third-order valence-electron chi connectivity index (χ3n) is 5.74. The quantitative estimate of drug-likeness (QED) is 0.601. The molecule has 1 aliphatic carbocycles. The SMILES string of the molecule is C=C1N(c2ccc(C#N)c(C(F)(F)F)c2)C(=O)C2(CCC2)N1c1ccc(SC)cc1. The predicted octanol–water partition coefficient (Wildman–Crippen LogP) is 5.55. The molecule has 1 heterocycles. The summed E-state index contributed by atoms with van der Waals surface area (Å²) >= 11 is 1.59. The van der Waals surface area contributed by atoms with Crippen LogP contribution in [0.15, 0.2) is 59.8 Å². The Kier molecular flexibility index (Phi) is 4.82. The molecular formula is C22H18F3N3OS. The van der Waals surface area contributed by atoms with Gasteiger partial charge in [-0.3, -0.25) is 9.69 Å². The smallest absolute Gasteiger partial charge is 0.313 e. The maximum atomic E-state index is 13.4. The van der Waals surface area contributed by atoms with Crippen LogP contribution in [0.3, 0.4) is 0 Å². The summed E-state index contributed by atoms with van der Waals surface area (Å²) in [5, 5.41) is 9.05. The standard InChI is InChI=1S/C22H18F3N3OS/c1-14-27(17-5-4-15(13-26)19(12-17)22(23,24)25)20(29)21(10-3-11-21)28(14)16-6-8-18(30-2)9-7-16/h4-9,12H,1,3,10-11H2,2H3. The average molecular weight is 429 g/mol. The molecule has 4 rings (SSSR count). The molecule has 1 amide bonds. The lowest BCUT2D eigenvalue weighted by atomic mass is 9.75. The first-order valence-electron chi connectivity index (χ1n) is 9.32. The molecule has 0 unspecified atom stereocenters. The molecule has 0 atom stereocenters. The van der Waals surface area contributed by atoms with Crippen molar-refractivity contribution in [2.75, 3.05) is 16.1 Å². The number of benzene rings is 2. The summed E-state index contributed by atoms with van der Waals surface area (Å²) in [5.41, 5.74) is -1.53. The summed E-state index contributed by atoms with van der Waals surface area (Å²) in [6, 6.07) is 12.6. The second-order valence-corrected chi connectivity index (χ2v) is 8.19. The second kappa shape index (κ2) is 7.10. The van der Waals surface area contributed by atoms with Gasteiger partial charge in [0.1, 0.15) is 11.4 Å². The summed E-state index contributed by atoms with van der Waals surface area (Å²) < 4.78 is 40.3. The number of thioether (sulfide) groups is 1. The second-order valence-electron chi connectivity index (χ2n) is 7.31. The van der Waals surface area contributed by atoms with Crippen molar-refractivity contribution in [3.63, 3.8) is 0 Å². The van der Waals surface area contributed by atoms with Crippen LogP contribution in [0.4, 0.5) is 24.5 Å². The van der Waals surface area contributed by atoms with Gasteiger partial charge in [0.15, 0.2) is 0 Å².